The van der Waals surface area contributed by atoms with Gasteiger partial charge in [-0.3, -0.25) is 9.36 Å². The Bertz CT molecular complexity index is 1340. The van der Waals surface area contributed by atoms with Crippen molar-refractivity contribution in [2.75, 3.05) is 0 Å². The molecule has 0 fully saturated rings. The van der Waals surface area contributed by atoms with Crippen LogP contribution < -0.4 is 5.56 Å². The standard InChI is InChI=1S/C19H14N6O2S2/c1-12-23-25-16(26)10-13(20-18(25)29-12)11-28-19-22-21-17(15-8-5-9-27-15)24(19)14-6-3-2-4-7-14/h2-10H,11H2,1H3. The molecule has 5 rings (SSSR count). The Morgan fingerprint density at radius 1 is 1.14 bits per heavy atom. The van der Waals surface area contributed by atoms with Gasteiger partial charge in [0.1, 0.15) is 5.01 Å². The number of rotatable bonds is 5. The summed E-state index contributed by atoms with van der Waals surface area (Å²) in [4.78, 5) is 17.4. The molecule has 0 saturated carbocycles. The van der Waals surface area contributed by atoms with Crippen LogP contribution >= 0.6 is 23.1 Å². The summed E-state index contributed by atoms with van der Waals surface area (Å²) in [6.45, 7) is 1.85. The van der Waals surface area contributed by atoms with Crippen molar-refractivity contribution in [2.24, 2.45) is 0 Å². The molecule has 29 heavy (non-hydrogen) atoms. The number of benzene rings is 1. The summed E-state index contributed by atoms with van der Waals surface area (Å²) in [6, 6.07) is 15.0. The molecule has 0 aliphatic rings. The van der Waals surface area contributed by atoms with Gasteiger partial charge in [0.25, 0.3) is 5.56 Å². The maximum Gasteiger partial charge on any atom is 0.275 e. The summed E-state index contributed by atoms with van der Waals surface area (Å²) in [6.07, 6.45) is 1.61. The predicted octanol–water partition coefficient (Wildman–Crippen LogP) is 3.59. The van der Waals surface area contributed by atoms with Gasteiger partial charge < -0.3 is 4.42 Å². The van der Waals surface area contributed by atoms with E-state index in [1.807, 2.05) is 54.0 Å². The molecule has 4 aromatic heterocycles. The molecule has 4 heterocycles. The molecule has 144 valence electrons. The first-order valence-electron chi connectivity index (χ1n) is 8.73. The number of hydrogen-bond donors (Lipinski definition) is 0. The lowest BCUT2D eigenvalue weighted by Crippen LogP contribution is -2.15. The average Bonchev–Trinajstić information content (AvgIpc) is 3.46. The van der Waals surface area contributed by atoms with Crippen LogP contribution in [0.2, 0.25) is 0 Å². The zero-order valence-corrected chi connectivity index (χ0v) is 16.9. The Morgan fingerprint density at radius 3 is 2.79 bits per heavy atom. The number of thioether (sulfide) groups is 1. The predicted molar refractivity (Wildman–Crippen MR) is 110 cm³/mol. The van der Waals surface area contributed by atoms with E-state index in [1.165, 1.54) is 33.7 Å². The lowest BCUT2D eigenvalue weighted by atomic mass is 10.3. The topological polar surface area (TPSA) is 91.1 Å². The van der Waals surface area contributed by atoms with Gasteiger partial charge >= 0.3 is 0 Å². The van der Waals surface area contributed by atoms with Crippen LogP contribution in [-0.2, 0) is 5.75 Å². The van der Waals surface area contributed by atoms with Crippen LogP contribution in [0.25, 0.3) is 22.2 Å². The summed E-state index contributed by atoms with van der Waals surface area (Å²) in [7, 11) is 0. The maximum absolute atomic E-state index is 12.3. The first kappa shape index (κ1) is 17.8. The van der Waals surface area contributed by atoms with Crippen LogP contribution in [0, 0.1) is 6.92 Å². The fraction of sp³-hybridized carbons (Fsp3) is 0.105. The summed E-state index contributed by atoms with van der Waals surface area (Å²) in [5.41, 5.74) is 1.41. The fourth-order valence-electron chi connectivity index (χ4n) is 2.90. The molecule has 0 atom stereocenters. The molecule has 0 bridgehead atoms. The molecule has 0 unspecified atom stereocenters. The Labute approximate surface area is 172 Å². The van der Waals surface area contributed by atoms with Gasteiger partial charge in [-0.15, -0.1) is 10.2 Å². The number of para-hydroxylation sites is 1. The van der Waals surface area contributed by atoms with E-state index in [9.17, 15) is 4.79 Å². The number of hydrogen-bond acceptors (Lipinski definition) is 8. The second kappa shape index (κ2) is 7.30. The number of fused-ring (bicyclic) bond motifs is 1. The molecule has 0 radical (unpaired) electrons. The molecular weight excluding hydrogens is 408 g/mol. The van der Waals surface area contributed by atoms with Crippen molar-refractivity contribution in [2.45, 2.75) is 17.8 Å². The highest BCUT2D eigenvalue weighted by Crippen LogP contribution is 2.29. The molecule has 1 aromatic carbocycles. The van der Waals surface area contributed by atoms with E-state index >= 15 is 0 Å². The molecule has 10 heteroatoms. The SMILES string of the molecule is Cc1nn2c(=O)cc(CSc3nnc(-c4ccco4)n3-c3ccccc3)nc2s1. The molecule has 0 aliphatic heterocycles. The van der Waals surface area contributed by atoms with Gasteiger partial charge in [-0.1, -0.05) is 41.3 Å². The van der Waals surface area contributed by atoms with Gasteiger partial charge in [0, 0.05) is 17.5 Å². The summed E-state index contributed by atoms with van der Waals surface area (Å²) >= 11 is 2.85. The van der Waals surface area contributed by atoms with E-state index < -0.39 is 0 Å². The van der Waals surface area contributed by atoms with E-state index in [0.29, 0.717) is 33.1 Å². The van der Waals surface area contributed by atoms with E-state index in [0.717, 1.165) is 10.7 Å². The number of aromatic nitrogens is 6. The minimum atomic E-state index is -0.184. The fourth-order valence-corrected chi connectivity index (χ4v) is 4.51. The number of furan rings is 1. The number of nitrogens with zero attached hydrogens (tertiary/aromatic N) is 6. The van der Waals surface area contributed by atoms with Crippen molar-refractivity contribution in [1.82, 2.24) is 29.4 Å². The molecule has 0 amide bonds. The van der Waals surface area contributed by atoms with E-state index in [-0.39, 0.29) is 5.56 Å². The van der Waals surface area contributed by atoms with Crippen LogP contribution in [-0.4, -0.2) is 29.4 Å². The van der Waals surface area contributed by atoms with Crippen molar-refractivity contribution in [3.05, 3.63) is 75.8 Å². The minimum Gasteiger partial charge on any atom is -0.461 e. The smallest absolute Gasteiger partial charge is 0.275 e. The number of aryl methyl sites for hydroxylation is 1. The van der Waals surface area contributed by atoms with Crippen LogP contribution in [0.5, 0.6) is 0 Å². The van der Waals surface area contributed by atoms with Crippen LogP contribution in [0.4, 0.5) is 0 Å². The van der Waals surface area contributed by atoms with Gasteiger partial charge in [-0.2, -0.15) is 9.61 Å². The van der Waals surface area contributed by atoms with Crippen molar-refractivity contribution in [3.63, 3.8) is 0 Å². The van der Waals surface area contributed by atoms with Crippen molar-refractivity contribution in [1.29, 1.82) is 0 Å². The lowest BCUT2D eigenvalue weighted by Gasteiger charge is -2.08. The highest BCUT2D eigenvalue weighted by molar-refractivity contribution is 7.98. The lowest BCUT2D eigenvalue weighted by molar-refractivity contribution is 0.575. The molecule has 8 nitrogen and oxygen atoms in total. The van der Waals surface area contributed by atoms with E-state index in [2.05, 4.69) is 20.3 Å². The minimum absolute atomic E-state index is 0.184. The highest BCUT2D eigenvalue weighted by atomic mass is 32.2. The van der Waals surface area contributed by atoms with Gasteiger partial charge in [-0.05, 0) is 31.2 Å². The monoisotopic (exact) mass is 422 g/mol. The molecular formula is C19H14N6O2S2. The van der Waals surface area contributed by atoms with Crippen molar-refractivity contribution in [3.8, 4) is 17.3 Å². The van der Waals surface area contributed by atoms with Gasteiger partial charge in [-0.25, -0.2) is 4.98 Å². The molecule has 0 aliphatic carbocycles. The quantitative estimate of drug-likeness (QED) is 0.400. The summed E-state index contributed by atoms with van der Waals surface area (Å²) < 4.78 is 8.79. The average molecular weight is 422 g/mol. The van der Waals surface area contributed by atoms with Crippen molar-refractivity contribution >= 4 is 28.1 Å². The second-order valence-electron chi connectivity index (χ2n) is 6.14. The van der Waals surface area contributed by atoms with Crippen LogP contribution in [0.3, 0.4) is 0 Å². The first-order valence-corrected chi connectivity index (χ1v) is 10.5. The third-order valence-corrected chi connectivity index (χ3v) is 5.92. The third-order valence-electron chi connectivity index (χ3n) is 4.14. The van der Waals surface area contributed by atoms with Crippen LogP contribution in [0.1, 0.15) is 10.7 Å². The zero-order chi connectivity index (χ0) is 19.8. The van der Waals surface area contributed by atoms with Crippen molar-refractivity contribution < 1.29 is 4.42 Å². The third kappa shape index (κ3) is 3.36. The maximum atomic E-state index is 12.3. The molecule has 0 spiro atoms. The molecule has 0 N–H and O–H groups in total. The molecule has 5 aromatic rings. The van der Waals surface area contributed by atoms with Gasteiger partial charge in [0.15, 0.2) is 10.9 Å². The Hall–Kier alpha value is -3.24. The Balaban J connectivity index is 1.51. The van der Waals surface area contributed by atoms with E-state index in [4.69, 9.17) is 4.42 Å². The first-order chi connectivity index (χ1) is 14.2. The van der Waals surface area contributed by atoms with Crippen LogP contribution in [0.15, 0.2) is 69.2 Å². The second-order valence-corrected chi connectivity index (χ2v) is 8.25. The summed E-state index contributed by atoms with van der Waals surface area (Å²) in [5, 5.41) is 14.3. The highest BCUT2D eigenvalue weighted by Gasteiger charge is 2.18. The Kier molecular flexibility index (Phi) is 4.49. The largest absolute Gasteiger partial charge is 0.461 e. The normalized spacial score (nSPS) is 11.3. The van der Waals surface area contributed by atoms with Gasteiger partial charge in [0.2, 0.25) is 10.8 Å². The van der Waals surface area contributed by atoms with Gasteiger partial charge in [0.05, 0.1) is 12.0 Å². The van der Waals surface area contributed by atoms with E-state index in [1.54, 1.807) is 6.26 Å². The molecule has 0 saturated heterocycles. The Morgan fingerprint density at radius 2 is 2.00 bits per heavy atom. The zero-order valence-electron chi connectivity index (χ0n) is 15.2. The summed E-state index contributed by atoms with van der Waals surface area (Å²) in [5.74, 6) is 1.72.